The molecule has 2 aromatic heterocycles. The van der Waals surface area contributed by atoms with E-state index in [-0.39, 0.29) is 0 Å². The molecule has 2 aromatic rings. The first-order chi connectivity index (χ1) is 7.66. The van der Waals surface area contributed by atoms with Gasteiger partial charge in [0.1, 0.15) is 17.3 Å². The standard InChI is InChI=1S/C10H12ClN5/c1-7(2)3-4-12-9-5-8(11)15-10-13-6-14-16(9)10/h3,5-6,12H,4H2,1-2H3. The van der Waals surface area contributed by atoms with E-state index in [2.05, 4.69) is 26.5 Å². The van der Waals surface area contributed by atoms with E-state index < -0.39 is 0 Å². The average Bonchev–Trinajstić information content (AvgIpc) is 2.64. The van der Waals surface area contributed by atoms with Gasteiger partial charge in [-0.1, -0.05) is 23.3 Å². The summed E-state index contributed by atoms with van der Waals surface area (Å²) in [5.41, 5.74) is 1.25. The van der Waals surface area contributed by atoms with Gasteiger partial charge in [-0.3, -0.25) is 0 Å². The number of hydrogen-bond acceptors (Lipinski definition) is 4. The Kier molecular flexibility index (Phi) is 3.05. The van der Waals surface area contributed by atoms with Crippen molar-refractivity contribution in [3.63, 3.8) is 0 Å². The van der Waals surface area contributed by atoms with E-state index in [4.69, 9.17) is 11.6 Å². The number of allylic oxidation sites excluding steroid dienone is 1. The maximum Gasteiger partial charge on any atom is 0.255 e. The Morgan fingerprint density at radius 1 is 1.56 bits per heavy atom. The monoisotopic (exact) mass is 237 g/mol. The predicted molar refractivity (Wildman–Crippen MR) is 63.7 cm³/mol. The van der Waals surface area contributed by atoms with Gasteiger partial charge in [-0.15, -0.1) is 0 Å². The third-order valence-corrected chi connectivity index (χ3v) is 2.21. The highest BCUT2D eigenvalue weighted by molar-refractivity contribution is 6.29. The topological polar surface area (TPSA) is 55.1 Å². The van der Waals surface area contributed by atoms with Crippen LogP contribution in [0.1, 0.15) is 13.8 Å². The first-order valence-corrected chi connectivity index (χ1v) is 5.28. The van der Waals surface area contributed by atoms with Crippen LogP contribution in [0.2, 0.25) is 5.15 Å². The van der Waals surface area contributed by atoms with E-state index in [1.165, 1.54) is 11.9 Å². The molecule has 0 aromatic carbocycles. The van der Waals surface area contributed by atoms with Crippen LogP contribution in [0.5, 0.6) is 0 Å². The molecule has 2 rings (SSSR count). The molecule has 0 saturated heterocycles. The van der Waals surface area contributed by atoms with E-state index in [1.807, 2.05) is 13.8 Å². The number of anilines is 1. The molecule has 6 heteroatoms. The van der Waals surface area contributed by atoms with Gasteiger partial charge < -0.3 is 5.32 Å². The van der Waals surface area contributed by atoms with Crippen LogP contribution in [0.4, 0.5) is 5.82 Å². The number of nitrogens with zero attached hydrogens (tertiary/aromatic N) is 4. The summed E-state index contributed by atoms with van der Waals surface area (Å²) in [7, 11) is 0. The Morgan fingerprint density at radius 3 is 3.12 bits per heavy atom. The average molecular weight is 238 g/mol. The first kappa shape index (κ1) is 10.9. The van der Waals surface area contributed by atoms with Gasteiger partial charge in [0.05, 0.1) is 0 Å². The maximum atomic E-state index is 5.87. The zero-order chi connectivity index (χ0) is 11.5. The summed E-state index contributed by atoms with van der Waals surface area (Å²) in [6.07, 6.45) is 3.53. The first-order valence-electron chi connectivity index (χ1n) is 4.90. The van der Waals surface area contributed by atoms with Crippen molar-refractivity contribution in [2.24, 2.45) is 0 Å². The fourth-order valence-electron chi connectivity index (χ4n) is 1.27. The molecule has 0 saturated carbocycles. The molecular formula is C10H12ClN5. The quantitative estimate of drug-likeness (QED) is 0.657. The van der Waals surface area contributed by atoms with Crippen molar-refractivity contribution in [3.05, 3.63) is 29.2 Å². The molecule has 84 valence electrons. The molecule has 0 radical (unpaired) electrons. The minimum absolute atomic E-state index is 0.403. The molecular weight excluding hydrogens is 226 g/mol. The Balaban J connectivity index is 2.28. The molecule has 16 heavy (non-hydrogen) atoms. The summed E-state index contributed by atoms with van der Waals surface area (Å²) >= 11 is 5.87. The third-order valence-electron chi connectivity index (χ3n) is 2.01. The normalized spacial score (nSPS) is 10.4. The van der Waals surface area contributed by atoms with E-state index >= 15 is 0 Å². The molecule has 0 aliphatic heterocycles. The van der Waals surface area contributed by atoms with Gasteiger partial charge in [0.2, 0.25) is 0 Å². The lowest BCUT2D eigenvalue weighted by Gasteiger charge is -2.05. The largest absolute Gasteiger partial charge is 0.366 e. The van der Waals surface area contributed by atoms with Crippen molar-refractivity contribution < 1.29 is 0 Å². The highest BCUT2D eigenvalue weighted by Crippen LogP contribution is 2.14. The van der Waals surface area contributed by atoms with Gasteiger partial charge in [0.25, 0.3) is 5.78 Å². The summed E-state index contributed by atoms with van der Waals surface area (Å²) in [5.74, 6) is 1.28. The van der Waals surface area contributed by atoms with Crippen molar-refractivity contribution in [1.82, 2.24) is 19.6 Å². The summed E-state index contributed by atoms with van der Waals surface area (Å²) < 4.78 is 1.62. The lowest BCUT2D eigenvalue weighted by Crippen LogP contribution is -2.06. The molecule has 0 bridgehead atoms. The SMILES string of the molecule is CC(C)=CCNc1cc(Cl)nc2ncnn12. The highest BCUT2D eigenvalue weighted by atomic mass is 35.5. The van der Waals surface area contributed by atoms with Gasteiger partial charge in [-0.05, 0) is 13.8 Å². The minimum Gasteiger partial charge on any atom is -0.366 e. The van der Waals surface area contributed by atoms with E-state index in [0.717, 1.165) is 12.4 Å². The fraction of sp³-hybridized carbons (Fsp3) is 0.300. The second-order valence-electron chi connectivity index (χ2n) is 3.60. The summed E-state index contributed by atoms with van der Waals surface area (Å²) in [6, 6.07) is 1.72. The van der Waals surface area contributed by atoms with E-state index in [9.17, 15) is 0 Å². The van der Waals surface area contributed by atoms with Crippen LogP contribution in [0, 0.1) is 0 Å². The van der Waals surface area contributed by atoms with Crippen LogP contribution < -0.4 is 5.32 Å². The van der Waals surface area contributed by atoms with Crippen LogP contribution in [-0.4, -0.2) is 26.1 Å². The molecule has 1 N–H and O–H groups in total. The zero-order valence-electron chi connectivity index (χ0n) is 9.11. The molecule has 0 aliphatic rings. The Morgan fingerprint density at radius 2 is 2.38 bits per heavy atom. The summed E-state index contributed by atoms with van der Waals surface area (Å²) in [6.45, 7) is 4.82. The summed E-state index contributed by atoms with van der Waals surface area (Å²) in [5, 5.41) is 7.67. The molecule has 0 aliphatic carbocycles. The minimum atomic E-state index is 0.403. The number of hydrogen-bond donors (Lipinski definition) is 1. The highest BCUT2D eigenvalue weighted by Gasteiger charge is 2.04. The summed E-state index contributed by atoms with van der Waals surface area (Å²) in [4.78, 5) is 8.02. The molecule has 0 atom stereocenters. The maximum absolute atomic E-state index is 5.87. The van der Waals surface area contributed by atoms with Gasteiger partial charge in [0, 0.05) is 12.6 Å². The second-order valence-corrected chi connectivity index (χ2v) is 3.99. The number of aromatic nitrogens is 4. The number of nitrogens with one attached hydrogen (secondary N) is 1. The Bertz CT molecular complexity index is 527. The van der Waals surface area contributed by atoms with Gasteiger partial charge >= 0.3 is 0 Å². The van der Waals surface area contributed by atoms with Gasteiger partial charge in [-0.2, -0.15) is 19.6 Å². The predicted octanol–water partition coefficient (Wildman–Crippen LogP) is 2.16. The van der Waals surface area contributed by atoms with Crippen LogP contribution in [-0.2, 0) is 0 Å². The van der Waals surface area contributed by atoms with E-state index in [1.54, 1.807) is 10.6 Å². The lowest BCUT2D eigenvalue weighted by atomic mass is 10.3. The van der Waals surface area contributed by atoms with Crippen molar-refractivity contribution in [2.75, 3.05) is 11.9 Å². The van der Waals surface area contributed by atoms with Gasteiger partial charge in [-0.25, -0.2) is 0 Å². The van der Waals surface area contributed by atoms with Crippen molar-refractivity contribution in [3.8, 4) is 0 Å². The number of rotatable bonds is 3. The van der Waals surface area contributed by atoms with Crippen molar-refractivity contribution >= 4 is 23.2 Å². The second kappa shape index (κ2) is 4.49. The molecule has 5 nitrogen and oxygen atoms in total. The molecule has 0 spiro atoms. The Labute approximate surface area is 98.2 Å². The number of fused-ring (bicyclic) bond motifs is 1. The Hall–Kier alpha value is -1.62. The van der Waals surface area contributed by atoms with Crippen LogP contribution in [0.3, 0.4) is 0 Å². The van der Waals surface area contributed by atoms with Crippen LogP contribution in [0.15, 0.2) is 24.0 Å². The fourth-order valence-corrected chi connectivity index (χ4v) is 1.45. The van der Waals surface area contributed by atoms with Crippen molar-refractivity contribution in [1.29, 1.82) is 0 Å². The number of halogens is 1. The van der Waals surface area contributed by atoms with E-state index in [0.29, 0.717) is 10.9 Å². The zero-order valence-corrected chi connectivity index (χ0v) is 9.86. The van der Waals surface area contributed by atoms with Crippen LogP contribution in [0.25, 0.3) is 5.78 Å². The van der Waals surface area contributed by atoms with Crippen LogP contribution >= 0.6 is 11.6 Å². The molecule has 0 fully saturated rings. The lowest BCUT2D eigenvalue weighted by molar-refractivity contribution is 0.936. The van der Waals surface area contributed by atoms with Crippen molar-refractivity contribution in [2.45, 2.75) is 13.8 Å². The molecule has 0 unspecified atom stereocenters. The molecule has 0 amide bonds. The molecule has 2 heterocycles. The smallest absolute Gasteiger partial charge is 0.255 e. The van der Waals surface area contributed by atoms with Gasteiger partial charge in [0.15, 0.2) is 0 Å². The third kappa shape index (κ3) is 2.30.